The SMILES string of the molecule is CCCCCCCOC[C@@H]1CCCN1. The summed E-state index contributed by atoms with van der Waals surface area (Å²) >= 11 is 0. The molecule has 1 heterocycles. The summed E-state index contributed by atoms with van der Waals surface area (Å²) in [6.07, 6.45) is 9.29. The lowest BCUT2D eigenvalue weighted by molar-refractivity contribution is 0.112. The summed E-state index contributed by atoms with van der Waals surface area (Å²) in [5.41, 5.74) is 0. The Labute approximate surface area is 88.4 Å². The van der Waals surface area contributed by atoms with Gasteiger partial charge >= 0.3 is 0 Å². The van der Waals surface area contributed by atoms with Crippen LogP contribution in [0.1, 0.15) is 51.9 Å². The molecule has 0 aromatic carbocycles. The van der Waals surface area contributed by atoms with Crippen molar-refractivity contribution in [3.05, 3.63) is 0 Å². The molecule has 0 aromatic heterocycles. The predicted molar refractivity (Wildman–Crippen MR) is 60.6 cm³/mol. The average molecular weight is 199 g/mol. The molecular weight excluding hydrogens is 174 g/mol. The van der Waals surface area contributed by atoms with E-state index in [2.05, 4.69) is 12.2 Å². The predicted octanol–water partition coefficient (Wildman–Crippen LogP) is 2.73. The third kappa shape index (κ3) is 5.61. The summed E-state index contributed by atoms with van der Waals surface area (Å²) in [5.74, 6) is 0. The molecule has 0 saturated carbocycles. The largest absolute Gasteiger partial charge is 0.380 e. The first kappa shape index (κ1) is 12.0. The van der Waals surface area contributed by atoms with Crippen LogP contribution in [0.2, 0.25) is 0 Å². The quantitative estimate of drug-likeness (QED) is 0.607. The zero-order valence-corrected chi connectivity index (χ0v) is 9.56. The van der Waals surface area contributed by atoms with Crippen molar-refractivity contribution in [2.24, 2.45) is 0 Å². The van der Waals surface area contributed by atoms with E-state index in [1.165, 1.54) is 51.5 Å². The van der Waals surface area contributed by atoms with Gasteiger partial charge in [0.15, 0.2) is 0 Å². The first-order valence-electron chi connectivity index (χ1n) is 6.24. The second kappa shape index (κ2) is 8.25. The molecule has 1 N–H and O–H groups in total. The van der Waals surface area contributed by atoms with Crippen molar-refractivity contribution in [3.63, 3.8) is 0 Å². The van der Waals surface area contributed by atoms with Gasteiger partial charge in [0.05, 0.1) is 6.61 Å². The summed E-state index contributed by atoms with van der Waals surface area (Å²) in [6.45, 7) is 5.32. The number of rotatable bonds is 8. The van der Waals surface area contributed by atoms with Crippen LogP contribution >= 0.6 is 0 Å². The van der Waals surface area contributed by atoms with Crippen LogP contribution in [0.15, 0.2) is 0 Å². The number of hydrogen-bond donors (Lipinski definition) is 1. The van der Waals surface area contributed by atoms with Gasteiger partial charge in [0.1, 0.15) is 0 Å². The number of ether oxygens (including phenoxy) is 1. The van der Waals surface area contributed by atoms with Gasteiger partial charge in [-0.1, -0.05) is 32.6 Å². The molecule has 1 saturated heterocycles. The first-order chi connectivity index (χ1) is 6.93. The van der Waals surface area contributed by atoms with E-state index in [9.17, 15) is 0 Å². The Morgan fingerprint density at radius 2 is 2.07 bits per heavy atom. The average Bonchev–Trinajstić information content (AvgIpc) is 2.69. The lowest BCUT2D eigenvalue weighted by Crippen LogP contribution is -2.26. The van der Waals surface area contributed by atoms with Crippen LogP contribution in [0.5, 0.6) is 0 Å². The van der Waals surface area contributed by atoms with E-state index in [1.54, 1.807) is 0 Å². The third-order valence-electron chi connectivity index (χ3n) is 2.87. The van der Waals surface area contributed by atoms with Gasteiger partial charge in [-0.2, -0.15) is 0 Å². The standard InChI is InChI=1S/C12H25NO/c1-2-3-4-5-6-10-14-11-12-8-7-9-13-12/h12-13H,2-11H2,1H3/t12-/m0/s1. The lowest BCUT2D eigenvalue weighted by atomic mass is 10.2. The monoisotopic (exact) mass is 199 g/mol. The summed E-state index contributed by atoms with van der Waals surface area (Å²) in [5, 5.41) is 3.44. The van der Waals surface area contributed by atoms with Crippen molar-refractivity contribution in [1.82, 2.24) is 5.32 Å². The van der Waals surface area contributed by atoms with Crippen molar-refractivity contribution in [2.75, 3.05) is 19.8 Å². The molecule has 0 spiro atoms. The maximum Gasteiger partial charge on any atom is 0.0619 e. The molecule has 0 amide bonds. The molecule has 2 heteroatoms. The van der Waals surface area contributed by atoms with Crippen LogP contribution in [0, 0.1) is 0 Å². The highest BCUT2D eigenvalue weighted by Crippen LogP contribution is 2.06. The van der Waals surface area contributed by atoms with E-state index < -0.39 is 0 Å². The Kier molecular flexibility index (Phi) is 7.06. The molecule has 0 radical (unpaired) electrons. The van der Waals surface area contributed by atoms with Crippen molar-refractivity contribution in [2.45, 2.75) is 57.9 Å². The highest BCUT2D eigenvalue weighted by molar-refractivity contribution is 4.73. The highest BCUT2D eigenvalue weighted by Gasteiger charge is 2.12. The fraction of sp³-hybridized carbons (Fsp3) is 1.00. The molecule has 0 unspecified atom stereocenters. The molecule has 1 fully saturated rings. The van der Waals surface area contributed by atoms with Crippen molar-refractivity contribution in [3.8, 4) is 0 Å². The minimum atomic E-state index is 0.644. The minimum Gasteiger partial charge on any atom is -0.380 e. The lowest BCUT2D eigenvalue weighted by Gasteiger charge is -2.10. The van der Waals surface area contributed by atoms with Crippen LogP contribution in [0.4, 0.5) is 0 Å². The topological polar surface area (TPSA) is 21.3 Å². The Morgan fingerprint density at radius 3 is 2.79 bits per heavy atom. The summed E-state index contributed by atoms with van der Waals surface area (Å²) < 4.78 is 5.64. The van der Waals surface area contributed by atoms with Crippen LogP contribution < -0.4 is 5.32 Å². The Bertz CT molecular complexity index is 121. The van der Waals surface area contributed by atoms with Crippen molar-refractivity contribution < 1.29 is 4.74 Å². The smallest absolute Gasteiger partial charge is 0.0619 e. The van der Waals surface area contributed by atoms with E-state index in [0.29, 0.717) is 6.04 Å². The molecule has 0 aromatic rings. The molecular formula is C12H25NO. The van der Waals surface area contributed by atoms with Crippen LogP contribution in [0.25, 0.3) is 0 Å². The third-order valence-corrected chi connectivity index (χ3v) is 2.87. The van der Waals surface area contributed by atoms with E-state index in [4.69, 9.17) is 4.74 Å². The number of hydrogen-bond acceptors (Lipinski definition) is 2. The van der Waals surface area contributed by atoms with E-state index in [-0.39, 0.29) is 0 Å². The van der Waals surface area contributed by atoms with Gasteiger partial charge in [-0.15, -0.1) is 0 Å². The zero-order chi connectivity index (χ0) is 10.1. The van der Waals surface area contributed by atoms with Gasteiger partial charge in [-0.05, 0) is 25.8 Å². The van der Waals surface area contributed by atoms with Gasteiger partial charge in [0.2, 0.25) is 0 Å². The Morgan fingerprint density at radius 1 is 1.21 bits per heavy atom. The molecule has 2 nitrogen and oxygen atoms in total. The Balaban J connectivity index is 1.75. The fourth-order valence-corrected chi connectivity index (χ4v) is 1.93. The molecule has 1 rings (SSSR count). The van der Waals surface area contributed by atoms with Crippen LogP contribution in [0.3, 0.4) is 0 Å². The van der Waals surface area contributed by atoms with Crippen LogP contribution in [-0.2, 0) is 4.74 Å². The first-order valence-corrected chi connectivity index (χ1v) is 6.24. The van der Waals surface area contributed by atoms with Crippen molar-refractivity contribution >= 4 is 0 Å². The zero-order valence-electron chi connectivity index (χ0n) is 9.56. The fourth-order valence-electron chi connectivity index (χ4n) is 1.93. The van der Waals surface area contributed by atoms with E-state index >= 15 is 0 Å². The summed E-state index contributed by atoms with van der Waals surface area (Å²) in [7, 11) is 0. The van der Waals surface area contributed by atoms with Crippen LogP contribution in [-0.4, -0.2) is 25.8 Å². The second-order valence-corrected chi connectivity index (χ2v) is 4.28. The minimum absolute atomic E-state index is 0.644. The molecule has 0 aliphatic carbocycles. The van der Waals surface area contributed by atoms with E-state index in [1.807, 2.05) is 0 Å². The normalized spacial score (nSPS) is 21.6. The molecule has 1 aliphatic heterocycles. The number of nitrogens with one attached hydrogen (secondary N) is 1. The van der Waals surface area contributed by atoms with Gasteiger partial charge in [0.25, 0.3) is 0 Å². The van der Waals surface area contributed by atoms with Gasteiger partial charge < -0.3 is 10.1 Å². The molecule has 84 valence electrons. The molecule has 1 atom stereocenters. The van der Waals surface area contributed by atoms with Gasteiger partial charge in [0, 0.05) is 12.6 Å². The number of unbranched alkanes of at least 4 members (excludes halogenated alkanes) is 4. The van der Waals surface area contributed by atoms with Crippen molar-refractivity contribution in [1.29, 1.82) is 0 Å². The summed E-state index contributed by atoms with van der Waals surface area (Å²) in [6, 6.07) is 0.644. The highest BCUT2D eigenvalue weighted by atomic mass is 16.5. The summed E-state index contributed by atoms with van der Waals surface area (Å²) in [4.78, 5) is 0. The Hall–Kier alpha value is -0.0800. The van der Waals surface area contributed by atoms with Gasteiger partial charge in [-0.3, -0.25) is 0 Å². The molecule has 1 aliphatic rings. The maximum atomic E-state index is 5.64. The van der Waals surface area contributed by atoms with Gasteiger partial charge in [-0.25, -0.2) is 0 Å². The second-order valence-electron chi connectivity index (χ2n) is 4.28. The molecule has 14 heavy (non-hydrogen) atoms. The molecule has 0 bridgehead atoms. The van der Waals surface area contributed by atoms with E-state index in [0.717, 1.165) is 13.2 Å². The maximum absolute atomic E-state index is 5.64.